The van der Waals surface area contributed by atoms with Crippen molar-refractivity contribution in [2.75, 3.05) is 39.3 Å². The van der Waals surface area contributed by atoms with Crippen LogP contribution in [-0.4, -0.2) is 61.0 Å². The van der Waals surface area contributed by atoms with Crippen LogP contribution in [0.4, 0.5) is 0 Å². The van der Waals surface area contributed by atoms with E-state index in [0.29, 0.717) is 12.6 Å². The first kappa shape index (κ1) is 12.5. The number of nitrogens with one attached hydrogen (secondary N) is 1. The van der Waals surface area contributed by atoms with Crippen LogP contribution in [0.2, 0.25) is 0 Å². The second-order valence-corrected chi connectivity index (χ2v) is 4.36. The molecule has 1 N–H and O–H groups in total. The van der Waals surface area contributed by atoms with E-state index in [9.17, 15) is 4.79 Å². The zero-order valence-corrected chi connectivity index (χ0v) is 10.1. The summed E-state index contributed by atoms with van der Waals surface area (Å²) in [6.07, 6.45) is 0. The van der Waals surface area contributed by atoms with Crippen molar-refractivity contribution in [3.05, 3.63) is 0 Å². The Labute approximate surface area is 92.6 Å². The van der Waals surface area contributed by atoms with Crippen molar-refractivity contribution >= 4 is 5.91 Å². The third-order valence-electron chi connectivity index (χ3n) is 2.88. The van der Waals surface area contributed by atoms with Gasteiger partial charge < -0.3 is 5.32 Å². The molecule has 15 heavy (non-hydrogen) atoms. The number of nitrogens with zero attached hydrogens (tertiary/aromatic N) is 2. The third-order valence-corrected chi connectivity index (χ3v) is 2.88. The number of piperazine rings is 1. The Morgan fingerprint density at radius 2 is 1.87 bits per heavy atom. The summed E-state index contributed by atoms with van der Waals surface area (Å²) in [5, 5.41) is 2.83. The number of likely N-dealkylation sites (N-methyl/N-ethyl adjacent to an activating group) is 1. The molecule has 0 unspecified atom stereocenters. The lowest BCUT2D eigenvalue weighted by Gasteiger charge is -2.36. The van der Waals surface area contributed by atoms with E-state index in [2.05, 4.69) is 29.0 Å². The second kappa shape index (κ2) is 6.08. The van der Waals surface area contributed by atoms with Gasteiger partial charge in [-0.1, -0.05) is 0 Å². The monoisotopic (exact) mass is 213 g/mol. The largest absolute Gasteiger partial charge is 0.355 e. The fourth-order valence-corrected chi connectivity index (χ4v) is 1.89. The minimum absolute atomic E-state index is 0.149. The molecule has 0 saturated carbocycles. The summed E-state index contributed by atoms with van der Waals surface area (Å²) < 4.78 is 0. The van der Waals surface area contributed by atoms with E-state index < -0.39 is 0 Å². The van der Waals surface area contributed by atoms with Gasteiger partial charge in [-0.15, -0.1) is 0 Å². The molecular formula is C11H23N3O. The molecule has 0 aromatic rings. The highest BCUT2D eigenvalue weighted by Gasteiger charge is 2.19. The second-order valence-electron chi connectivity index (χ2n) is 4.36. The lowest BCUT2D eigenvalue weighted by atomic mass is 10.2. The molecule has 0 radical (unpaired) electrons. The van der Waals surface area contributed by atoms with E-state index in [-0.39, 0.29) is 5.91 Å². The number of carbonyl (C=O) groups is 1. The summed E-state index contributed by atoms with van der Waals surface area (Å²) in [4.78, 5) is 16.0. The van der Waals surface area contributed by atoms with E-state index in [4.69, 9.17) is 0 Å². The highest BCUT2D eigenvalue weighted by atomic mass is 16.2. The number of carbonyl (C=O) groups excluding carboxylic acids is 1. The molecule has 0 aromatic carbocycles. The smallest absolute Gasteiger partial charge is 0.234 e. The Bertz CT molecular complexity index is 198. The molecule has 4 heteroatoms. The SMILES string of the molecule is CCNC(=O)CN1CCN(C(C)C)CC1. The van der Waals surface area contributed by atoms with Crippen molar-refractivity contribution in [1.82, 2.24) is 15.1 Å². The molecule has 4 nitrogen and oxygen atoms in total. The van der Waals surface area contributed by atoms with E-state index in [0.717, 1.165) is 32.7 Å². The van der Waals surface area contributed by atoms with Crippen LogP contribution in [0.5, 0.6) is 0 Å². The molecule has 0 bridgehead atoms. The molecule has 0 atom stereocenters. The summed E-state index contributed by atoms with van der Waals surface area (Å²) in [5.74, 6) is 0.149. The predicted octanol–water partition coefficient (Wildman–Crippen LogP) is 0.149. The zero-order valence-electron chi connectivity index (χ0n) is 10.1. The first-order valence-corrected chi connectivity index (χ1v) is 5.86. The van der Waals surface area contributed by atoms with E-state index >= 15 is 0 Å². The Morgan fingerprint density at radius 1 is 1.27 bits per heavy atom. The Hall–Kier alpha value is -0.610. The minimum Gasteiger partial charge on any atom is -0.355 e. The molecule has 88 valence electrons. The van der Waals surface area contributed by atoms with Crippen LogP contribution in [-0.2, 0) is 4.79 Å². The Kier molecular flexibility index (Phi) is 5.05. The molecule has 0 aromatic heterocycles. The molecule has 1 fully saturated rings. The van der Waals surface area contributed by atoms with Gasteiger partial charge in [0.15, 0.2) is 0 Å². The standard InChI is InChI=1S/C11H23N3O/c1-4-12-11(15)9-13-5-7-14(8-6-13)10(2)3/h10H,4-9H2,1-3H3,(H,12,15). The van der Waals surface area contributed by atoms with Crippen LogP contribution in [0, 0.1) is 0 Å². The molecule has 1 aliphatic heterocycles. The lowest BCUT2D eigenvalue weighted by molar-refractivity contribution is -0.122. The fourth-order valence-electron chi connectivity index (χ4n) is 1.89. The maximum atomic E-state index is 11.4. The normalized spacial score (nSPS) is 19.5. The molecular weight excluding hydrogens is 190 g/mol. The van der Waals surface area contributed by atoms with Gasteiger partial charge >= 0.3 is 0 Å². The average molecular weight is 213 g/mol. The number of hydrogen-bond donors (Lipinski definition) is 1. The maximum Gasteiger partial charge on any atom is 0.234 e. The van der Waals surface area contributed by atoms with E-state index in [1.165, 1.54) is 0 Å². The maximum absolute atomic E-state index is 11.4. The molecule has 1 rings (SSSR count). The van der Waals surface area contributed by atoms with Gasteiger partial charge in [0.1, 0.15) is 0 Å². The molecule has 0 aliphatic carbocycles. The Balaban J connectivity index is 2.22. The molecule has 1 heterocycles. The average Bonchev–Trinajstić information content (AvgIpc) is 2.18. The minimum atomic E-state index is 0.149. The van der Waals surface area contributed by atoms with Crippen molar-refractivity contribution in [2.45, 2.75) is 26.8 Å². The molecule has 1 aliphatic rings. The zero-order chi connectivity index (χ0) is 11.3. The van der Waals surface area contributed by atoms with Gasteiger partial charge in [0.25, 0.3) is 0 Å². The van der Waals surface area contributed by atoms with Crippen molar-refractivity contribution in [1.29, 1.82) is 0 Å². The van der Waals surface area contributed by atoms with Crippen molar-refractivity contribution < 1.29 is 4.79 Å². The highest BCUT2D eigenvalue weighted by molar-refractivity contribution is 5.77. The number of rotatable bonds is 4. The Morgan fingerprint density at radius 3 is 2.33 bits per heavy atom. The van der Waals surface area contributed by atoms with Crippen molar-refractivity contribution in [3.8, 4) is 0 Å². The van der Waals surface area contributed by atoms with E-state index in [1.807, 2.05) is 6.92 Å². The van der Waals surface area contributed by atoms with E-state index in [1.54, 1.807) is 0 Å². The van der Waals surface area contributed by atoms with Crippen LogP contribution in [0.1, 0.15) is 20.8 Å². The van der Waals surface area contributed by atoms with Gasteiger partial charge in [-0.05, 0) is 20.8 Å². The lowest BCUT2D eigenvalue weighted by Crippen LogP contribution is -2.51. The summed E-state index contributed by atoms with van der Waals surface area (Å²) in [7, 11) is 0. The number of amides is 1. The molecule has 1 saturated heterocycles. The highest BCUT2D eigenvalue weighted by Crippen LogP contribution is 2.04. The van der Waals surface area contributed by atoms with Crippen LogP contribution < -0.4 is 5.32 Å². The first-order chi connectivity index (χ1) is 7.13. The molecule has 1 amide bonds. The topological polar surface area (TPSA) is 35.6 Å². The quantitative estimate of drug-likeness (QED) is 0.722. The van der Waals surface area contributed by atoms with Gasteiger partial charge in [0.2, 0.25) is 5.91 Å². The summed E-state index contributed by atoms with van der Waals surface area (Å²) in [5.41, 5.74) is 0. The third kappa shape index (κ3) is 4.18. The first-order valence-electron chi connectivity index (χ1n) is 5.86. The van der Waals surface area contributed by atoms with Gasteiger partial charge in [0.05, 0.1) is 6.54 Å². The van der Waals surface area contributed by atoms with Crippen LogP contribution in [0.25, 0.3) is 0 Å². The van der Waals surface area contributed by atoms with Gasteiger partial charge in [-0.2, -0.15) is 0 Å². The van der Waals surface area contributed by atoms with Gasteiger partial charge in [-0.25, -0.2) is 0 Å². The molecule has 0 spiro atoms. The predicted molar refractivity (Wildman–Crippen MR) is 61.8 cm³/mol. The van der Waals surface area contributed by atoms with Crippen LogP contribution in [0.15, 0.2) is 0 Å². The van der Waals surface area contributed by atoms with Gasteiger partial charge in [0, 0.05) is 38.8 Å². The van der Waals surface area contributed by atoms with Crippen LogP contribution >= 0.6 is 0 Å². The summed E-state index contributed by atoms with van der Waals surface area (Å²) in [6.45, 7) is 11.9. The van der Waals surface area contributed by atoms with Gasteiger partial charge in [-0.3, -0.25) is 14.6 Å². The van der Waals surface area contributed by atoms with Crippen LogP contribution in [0.3, 0.4) is 0 Å². The van der Waals surface area contributed by atoms with Crippen molar-refractivity contribution in [3.63, 3.8) is 0 Å². The summed E-state index contributed by atoms with van der Waals surface area (Å²) in [6, 6.07) is 0.622. The summed E-state index contributed by atoms with van der Waals surface area (Å²) >= 11 is 0. The fraction of sp³-hybridized carbons (Fsp3) is 0.909. The number of hydrogen-bond acceptors (Lipinski definition) is 3. The van der Waals surface area contributed by atoms with Crippen molar-refractivity contribution in [2.24, 2.45) is 0 Å².